The molecule has 1 aliphatic heterocycles. The molecule has 7 rings (SSSR count). The van der Waals surface area contributed by atoms with Crippen molar-refractivity contribution in [3.8, 4) is 0 Å². The summed E-state index contributed by atoms with van der Waals surface area (Å²) in [4.78, 5) is 26.2. The van der Waals surface area contributed by atoms with Crippen molar-refractivity contribution >= 4 is 28.9 Å². The van der Waals surface area contributed by atoms with Crippen LogP contribution in [-0.4, -0.2) is 27.6 Å². The second kappa shape index (κ2) is 5.78. The fourth-order valence-corrected chi connectivity index (χ4v) is 6.16. The Labute approximate surface area is 169 Å². The van der Waals surface area contributed by atoms with Crippen LogP contribution in [0.25, 0.3) is 10.9 Å². The summed E-state index contributed by atoms with van der Waals surface area (Å²) in [5.74, 6) is 1.01. The molecule has 1 saturated heterocycles. The second-order valence-electron chi connectivity index (χ2n) is 8.80. The number of nitrogens with zero attached hydrogens (tertiary/aromatic N) is 3. The molecular formula is C24H23N3O2. The summed E-state index contributed by atoms with van der Waals surface area (Å²) < 4.78 is 2.18. The van der Waals surface area contributed by atoms with Gasteiger partial charge in [-0.3, -0.25) is 9.59 Å². The maximum atomic E-state index is 13.1. The fraction of sp³-hybridized carbons (Fsp3) is 0.375. The van der Waals surface area contributed by atoms with E-state index >= 15 is 0 Å². The van der Waals surface area contributed by atoms with Crippen molar-refractivity contribution in [2.75, 3.05) is 0 Å². The number of aromatic nitrogens is 1. The number of hydrazone groups is 1. The lowest BCUT2D eigenvalue weighted by atomic mass is 9.63. The molecule has 3 fully saturated rings. The SMILES string of the molecule is C=CCn1c(C)c(/C=N\N2C(=O)[C@@H]3[C@H]4C=C[C@@H]([C@@H]5C[C@H]45)[C@H]3C2=O)c2ccccc21. The molecule has 146 valence electrons. The summed E-state index contributed by atoms with van der Waals surface area (Å²) in [5, 5.41) is 6.67. The molecule has 2 amide bonds. The van der Waals surface area contributed by atoms with Crippen LogP contribution in [0.15, 0.2) is 54.2 Å². The fourth-order valence-electron chi connectivity index (χ4n) is 6.16. The van der Waals surface area contributed by atoms with E-state index in [1.54, 1.807) is 6.21 Å². The third-order valence-electron chi connectivity index (χ3n) is 7.53. The zero-order valence-corrected chi connectivity index (χ0v) is 16.4. The van der Waals surface area contributed by atoms with E-state index in [0.29, 0.717) is 18.4 Å². The molecule has 5 heteroatoms. The first-order valence-electron chi connectivity index (χ1n) is 10.4. The molecular weight excluding hydrogens is 362 g/mol. The molecule has 2 aromatic rings. The molecule has 5 aliphatic rings. The molecule has 0 N–H and O–H groups in total. The number of hydrogen-bond acceptors (Lipinski definition) is 3. The van der Waals surface area contributed by atoms with Gasteiger partial charge in [-0.15, -0.1) is 6.58 Å². The Kier molecular flexibility index (Phi) is 3.38. The maximum absolute atomic E-state index is 13.1. The van der Waals surface area contributed by atoms with Crippen LogP contribution in [-0.2, 0) is 16.1 Å². The van der Waals surface area contributed by atoms with Crippen LogP contribution in [0.2, 0.25) is 0 Å². The Hall–Kier alpha value is -2.95. The van der Waals surface area contributed by atoms with Crippen LogP contribution < -0.4 is 0 Å². The third kappa shape index (κ3) is 2.13. The van der Waals surface area contributed by atoms with E-state index in [1.807, 2.05) is 31.2 Å². The average molecular weight is 385 g/mol. The third-order valence-corrected chi connectivity index (χ3v) is 7.53. The van der Waals surface area contributed by atoms with Crippen molar-refractivity contribution in [1.29, 1.82) is 0 Å². The van der Waals surface area contributed by atoms with Crippen molar-refractivity contribution in [2.24, 2.45) is 40.6 Å². The highest BCUT2D eigenvalue weighted by atomic mass is 16.2. The van der Waals surface area contributed by atoms with Crippen LogP contribution in [0.1, 0.15) is 17.7 Å². The number of hydrogen-bond donors (Lipinski definition) is 0. The van der Waals surface area contributed by atoms with Gasteiger partial charge in [0.1, 0.15) is 0 Å². The Morgan fingerprint density at radius 3 is 2.41 bits per heavy atom. The van der Waals surface area contributed by atoms with E-state index < -0.39 is 0 Å². The van der Waals surface area contributed by atoms with E-state index in [1.165, 1.54) is 6.42 Å². The molecule has 29 heavy (non-hydrogen) atoms. The van der Waals surface area contributed by atoms with Crippen molar-refractivity contribution < 1.29 is 9.59 Å². The van der Waals surface area contributed by atoms with Crippen LogP contribution >= 0.6 is 0 Å². The summed E-state index contributed by atoms with van der Waals surface area (Å²) in [6, 6.07) is 8.12. The van der Waals surface area contributed by atoms with Gasteiger partial charge in [0.15, 0.2) is 0 Å². The number of carbonyl (C=O) groups excluding carboxylic acids is 2. The first-order chi connectivity index (χ1) is 14.1. The largest absolute Gasteiger partial charge is 0.340 e. The van der Waals surface area contributed by atoms with E-state index in [9.17, 15) is 9.59 Å². The van der Waals surface area contributed by atoms with Crippen LogP contribution in [0.4, 0.5) is 0 Å². The van der Waals surface area contributed by atoms with Crippen molar-refractivity contribution in [1.82, 2.24) is 9.58 Å². The lowest BCUT2D eigenvalue weighted by Gasteiger charge is -2.37. The van der Waals surface area contributed by atoms with E-state index in [0.717, 1.165) is 27.2 Å². The Morgan fingerprint density at radius 1 is 1.10 bits per heavy atom. The highest BCUT2D eigenvalue weighted by molar-refractivity contribution is 6.08. The van der Waals surface area contributed by atoms with Gasteiger partial charge in [0.2, 0.25) is 0 Å². The second-order valence-corrected chi connectivity index (χ2v) is 8.80. The average Bonchev–Trinajstić information content (AvgIpc) is 3.47. The number of carbonyl (C=O) groups is 2. The van der Waals surface area contributed by atoms with E-state index in [-0.39, 0.29) is 35.5 Å². The van der Waals surface area contributed by atoms with Gasteiger partial charge in [-0.25, -0.2) is 0 Å². The summed E-state index contributed by atoms with van der Waals surface area (Å²) in [7, 11) is 0. The predicted molar refractivity (Wildman–Crippen MR) is 111 cm³/mol. The quantitative estimate of drug-likeness (QED) is 0.459. The number of fused-ring (bicyclic) bond motifs is 1. The van der Waals surface area contributed by atoms with Gasteiger partial charge in [-0.2, -0.15) is 10.1 Å². The molecule has 1 aromatic heterocycles. The maximum Gasteiger partial charge on any atom is 0.254 e. The first-order valence-corrected chi connectivity index (χ1v) is 10.4. The lowest BCUT2D eigenvalue weighted by molar-refractivity contribution is -0.140. The molecule has 1 aromatic carbocycles. The molecule has 0 unspecified atom stereocenters. The number of amides is 2. The van der Waals surface area contributed by atoms with Crippen molar-refractivity contribution in [3.63, 3.8) is 0 Å². The smallest absolute Gasteiger partial charge is 0.254 e. The van der Waals surface area contributed by atoms with Gasteiger partial charge in [0, 0.05) is 28.7 Å². The minimum absolute atomic E-state index is 0.117. The van der Waals surface area contributed by atoms with Crippen LogP contribution in [0.5, 0.6) is 0 Å². The molecule has 0 spiro atoms. The normalized spacial score (nSPS) is 34.3. The number of benzene rings is 1. The molecule has 6 atom stereocenters. The summed E-state index contributed by atoms with van der Waals surface area (Å²) >= 11 is 0. The molecule has 4 aliphatic carbocycles. The molecule has 2 bridgehead atoms. The minimum Gasteiger partial charge on any atom is -0.340 e. The highest BCUT2D eigenvalue weighted by Gasteiger charge is 2.67. The van der Waals surface area contributed by atoms with Gasteiger partial charge < -0.3 is 4.57 Å². The van der Waals surface area contributed by atoms with Crippen molar-refractivity contribution in [2.45, 2.75) is 19.9 Å². The Balaban J connectivity index is 1.37. The van der Waals surface area contributed by atoms with E-state index in [2.05, 4.69) is 34.5 Å². The van der Waals surface area contributed by atoms with Gasteiger partial charge >= 0.3 is 0 Å². The standard InChI is InChI=1S/C24H23N3O2/c1-3-10-26-13(2)19(14-6-4-5-7-20(14)26)12-25-27-23(28)21-15-8-9-16(18-11-17(15)18)22(21)24(27)29/h3-9,12,15-18,21-22H,1,10-11H2,2H3/b25-12-/t15-,16-,17-,18+,21+,22+/m0/s1. The van der Waals surface area contributed by atoms with Crippen LogP contribution in [0.3, 0.4) is 0 Å². The van der Waals surface area contributed by atoms with Crippen molar-refractivity contribution in [3.05, 3.63) is 60.3 Å². The lowest BCUT2D eigenvalue weighted by Crippen LogP contribution is -2.40. The molecule has 2 saturated carbocycles. The minimum atomic E-state index is -0.207. The zero-order chi connectivity index (χ0) is 19.9. The zero-order valence-electron chi connectivity index (χ0n) is 16.4. The summed E-state index contributed by atoms with van der Waals surface area (Å²) in [5.41, 5.74) is 3.10. The topological polar surface area (TPSA) is 54.7 Å². The van der Waals surface area contributed by atoms with Gasteiger partial charge in [-0.05, 0) is 43.1 Å². The number of allylic oxidation sites excluding steroid dienone is 3. The monoisotopic (exact) mass is 385 g/mol. The molecule has 5 nitrogen and oxygen atoms in total. The van der Waals surface area contributed by atoms with Gasteiger partial charge in [0.25, 0.3) is 11.8 Å². The van der Waals surface area contributed by atoms with Crippen LogP contribution in [0, 0.1) is 42.4 Å². The molecule has 2 heterocycles. The summed E-state index contributed by atoms with van der Waals surface area (Å²) in [6.07, 6.45) is 9.10. The number of rotatable bonds is 4. The number of para-hydroxylation sites is 1. The number of imide groups is 1. The Bertz CT molecular complexity index is 1100. The van der Waals surface area contributed by atoms with Gasteiger partial charge in [-0.1, -0.05) is 36.4 Å². The first kappa shape index (κ1) is 17.0. The predicted octanol–water partition coefficient (Wildman–Crippen LogP) is 3.52. The highest BCUT2D eigenvalue weighted by Crippen LogP contribution is 2.65. The Morgan fingerprint density at radius 2 is 1.76 bits per heavy atom. The molecule has 0 radical (unpaired) electrons. The van der Waals surface area contributed by atoms with Gasteiger partial charge in [0.05, 0.1) is 18.1 Å². The van der Waals surface area contributed by atoms with E-state index in [4.69, 9.17) is 0 Å². The summed E-state index contributed by atoms with van der Waals surface area (Å²) in [6.45, 7) is 6.59.